The number of fused-ring (bicyclic) bond motifs is 1. The van der Waals surface area contributed by atoms with Crippen molar-refractivity contribution in [1.82, 2.24) is 9.55 Å². The normalized spacial score (nSPS) is 11.2. The number of carbonyl (C=O) groups excluding carboxylic acids is 2. The van der Waals surface area contributed by atoms with Crippen molar-refractivity contribution in [2.75, 3.05) is 0 Å². The molecule has 5 nitrogen and oxygen atoms in total. The molecule has 0 amide bonds. The lowest BCUT2D eigenvalue weighted by atomic mass is 10.1. The summed E-state index contributed by atoms with van der Waals surface area (Å²) in [6.45, 7) is 1.86. The Morgan fingerprint density at radius 2 is 1.88 bits per heavy atom. The minimum Gasteiger partial charge on any atom is -0.424 e. The number of rotatable bonds is 7. The summed E-state index contributed by atoms with van der Waals surface area (Å²) in [5.74, 6) is -1.52. The van der Waals surface area contributed by atoms with Gasteiger partial charge in [-0.15, -0.1) is 0 Å². The molecule has 160 valence electrons. The van der Waals surface area contributed by atoms with E-state index in [1.165, 1.54) is 31.2 Å². The Morgan fingerprint density at radius 3 is 2.66 bits per heavy atom. The van der Waals surface area contributed by atoms with Crippen LogP contribution in [-0.4, -0.2) is 21.3 Å². The Labute approximate surface area is 184 Å². The van der Waals surface area contributed by atoms with Gasteiger partial charge in [0.05, 0.1) is 17.4 Å². The van der Waals surface area contributed by atoms with Crippen molar-refractivity contribution >= 4 is 28.9 Å². The highest BCUT2D eigenvalue weighted by molar-refractivity contribution is 5.97. The number of aromatic nitrogens is 2. The predicted octanol–water partition coefficient (Wildman–Crippen LogP) is 4.97. The molecule has 0 aliphatic heterocycles. The molecule has 0 aliphatic carbocycles. The number of esters is 1. The van der Waals surface area contributed by atoms with Gasteiger partial charge < -0.3 is 9.30 Å². The van der Waals surface area contributed by atoms with Gasteiger partial charge in [0.2, 0.25) is 0 Å². The van der Waals surface area contributed by atoms with Crippen molar-refractivity contribution in [3.63, 3.8) is 0 Å². The summed E-state index contributed by atoms with van der Waals surface area (Å²) in [5, 5.41) is 0. The maximum absolute atomic E-state index is 13.8. The molecular formula is C26H21FN2O3. The summed E-state index contributed by atoms with van der Waals surface area (Å²) in [5.41, 5.74) is 4.35. The van der Waals surface area contributed by atoms with Crippen molar-refractivity contribution in [2.24, 2.45) is 0 Å². The molecular weight excluding hydrogens is 407 g/mol. The molecule has 0 atom stereocenters. The van der Waals surface area contributed by atoms with E-state index in [0.29, 0.717) is 12.1 Å². The van der Waals surface area contributed by atoms with Gasteiger partial charge in [0, 0.05) is 19.9 Å². The van der Waals surface area contributed by atoms with Crippen molar-refractivity contribution in [3.05, 3.63) is 102 Å². The molecule has 0 saturated heterocycles. The van der Waals surface area contributed by atoms with Gasteiger partial charge in [0.25, 0.3) is 0 Å². The highest BCUT2D eigenvalue weighted by atomic mass is 19.1. The van der Waals surface area contributed by atoms with Crippen LogP contribution in [-0.2, 0) is 22.6 Å². The first-order chi connectivity index (χ1) is 15.5. The van der Waals surface area contributed by atoms with E-state index in [1.54, 1.807) is 12.4 Å². The van der Waals surface area contributed by atoms with E-state index in [0.717, 1.165) is 22.2 Å². The summed E-state index contributed by atoms with van der Waals surface area (Å²) in [6, 6.07) is 19.9. The third-order valence-corrected chi connectivity index (χ3v) is 4.95. The number of ketones is 1. The molecule has 0 fully saturated rings. The van der Waals surface area contributed by atoms with E-state index < -0.39 is 11.8 Å². The van der Waals surface area contributed by atoms with Gasteiger partial charge in [-0.05, 0) is 41.0 Å². The molecule has 0 radical (unpaired) electrons. The van der Waals surface area contributed by atoms with Gasteiger partial charge in [-0.1, -0.05) is 54.6 Å². The summed E-state index contributed by atoms with van der Waals surface area (Å²) >= 11 is 0. The Hall–Kier alpha value is -4.06. The zero-order valence-electron chi connectivity index (χ0n) is 17.5. The van der Waals surface area contributed by atoms with Crippen LogP contribution >= 0.6 is 0 Å². The summed E-state index contributed by atoms with van der Waals surface area (Å²) in [7, 11) is 0. The minimum absolute atomic E-state index is 0.108. The SMILES string of the molecule is CC(=O)Oc1cc(/C=C/C(=O)Cc2cccc3ncn(Cc4ccccc4)c23)ccc1F. The maximum Gasteiger partial charge on any atom is 0.308 e. The van der Waals surface area contributed by atoms with Crippen molar-refractivity contribution in [1.29, 1.82) is 0 Å². The first-order valence-electron chi connectivity index (χ1n) is 10.1. The van der Waals surface area contributed by atoms with Crippen LogP contribution < -0.4 is 4.74 Å². The van der Waals surface area contributed by atoms with Crippen LogP contribution in [0.4, 0.5) is 4.39 Å². The number of hydrogen-bond acceptors (Lipinski definition) is 4. The number of allylic oxidation sites excluding steroid dienone is 1. The second kappa shape index (κ2) is 9.39. The van der Waals surface area contributed by atoms with E-state index in [2.05, 4.69) is 17.1 Å². The predicted molar refractivity (Wildman–Crippen MR) is 121 cm³/mol. The molecule has 4 rings (SSSR count). The largest absolute Gasteiger partial charge is 0.424 e. The average Bonchev–Trinajstić information content (AvgIpc) is 3.18. The minimum atomic E-state index is -0.637. The number of carbonyl (C=O) groups is 2. The van der Waals surface area contributed by atoms with E-state index in [9.17, 15) is 14.0 Å². The summed E-state index contributed by atoms with van der Waals surface area (Å²) < 4.78 is 20.6. The molecule has 0 spiro atoms. The van der Waals surface area contributed by atoms with Crippen LogP contribution in [0.25, 0.3) is 17.1 Å². The number of halogens is 1. The lowest BCUT2D eigenvalue weighted by Crippen LogP contribution is -2.04. The molecule has 6 heteroatoms. The standard InChI is InChI=1S/C26H21FN2O3/c1-18(30)32-25-14-19(11-13-23(25)27)10-12-22(31)15-21-8-5-9-24-26(21)29(17-28-24)16-20-6-3-2-4-7-20/h2-14,17H,15-16H2,1H3/b12-10+. The Kier molecular flexibility index (Phi) is 6.22. The molecule has 4 aromatic rings. The zero-order chi connectivity index (χ0) is 22.5. The second-order valence-corrected chi connectivity index (χ2v) is 7.40. The fourth-order valence-electron chi connectivity index (χ4n) is 3.54. The van der Waals surface area contributed by atoms with Gasteiger partial charge >= 0.3 is 5.97 Å². The monoisotopic (exact) mass is 428 g/mol. The third kappa shape index (κ3) is 4.98. The zero-order valence-corrected chi connectivity index (χ0v) is 17.5. The molecule has 0 N–H and O–H groups in total. The van der Waals surface area contributed by atoms with Crippen LogP contribution in [0.15, 0.2) is 79.1 Å². The fraction of sp³-hybridized carbons (Fsp3) is 0.115. The Morgan fingerprint density at radius 1 is 1.06 bits per heavy atom. The number of hydrogen-bond donors (Lipinski definition) is 0. The Balaban J connectivity index is 1.54. The number of nitrogens with zero attached hydrogens (tertiary/aromatic N) is 2. The van der Waals surface area contributed by atoms with E-state index in [4.69, 9.17) is 4.74 Å². The fourth-order valence-corrected chi connectivity index (χ4v) is 3.54. The summed E-state index contributed by atoms with van der Waals surface area (Å²) in [4.78, 5) is 28.3. The molecule has 0 unspecified atom stereocenters. The molecule has 0 bridgehead atoms. The Bertz CT molecular complexity index is 1310. The van der Waals surface area contributed by atoms with Crippen LogP contribution in [0.1, 0.15) is 23.6 Å². The molecule has 3 aromatic carbocycles. The van der Waals surface area contributed by atoms with Gasteiger partial charge in [-0.2, -0.15) is 0 Å². The van der Waals surface area contributed by atoms with Gasteiger partial charge in [-0.25, -0.2) is 9.37 Å². The topological polar surface area (TPSA) is 61.2 Å². The van der Waals surface area contributed by atoms with Crippen molar-refractivity contribution < 1.29 is 18.7 Å². The molecule has 32 heavy (non-hydrogen) atoms. The van der Waals surface area contributed by atoms with E-state index in [-0.39, 0.29) is 18.0 Å². The molecule has 1 aromatic heterocycles. The lowest BCUT2D eigenvalue weighted by Gasteiger charge is -2.08. The number of imidazole rings is 1. The first kappa shape index (κ1) is 21.2. The third-order valence-electron chi connectivity index (χ3n) is 4.95. The number of para-hydroxylation sites is 1. The highest BCUT2D eigenvalue weighted by Crippen LogP contribution is 2.22. The number of ether oxygens (including phenoxy) is 1. The quantitative estimate of drug-likeness (QED) is 0.237. The lowest BCUT2D eigenvalue weighted by molar-refractivity contribution is -0.132. The van der Waals surface area contributed by atoms with Crippen LogP contribution in [0.3, 0.4) is 0 Å². The van der Waals surface area contributed by atoms with E-state index in [1.807, 2.05) is 41.0 Å². The van der Waals surface area contributed by atoms with Crippen LogP contribution in [0.2, 0.25) is 0 Å². The summed E-state index contributed by atoms with van der Waals surface area (Å²) in [6.07, 6.45) is 5.01. The first-order valence-corrected chi connectivity index (χ1v) is 10.1. The average molecular weight is 428 g/mol. The molecule has 0 saturated carbocycles. The van der Waals surface area contributed by atoms with Crippen LogP contribution in [0, 0.1) is 5.82 Å². The molecule has 0 aliphatic rings. The van der Waals surface area contributed by atoms with E-state index >= 15 is 0 Å². The second-order valence-electron chi connectivity index (χ2n) is 7.40. The van der Waals surface area contributed by atoms with Crippen molar-refractivity contribution in [3.8, 4) is 5.75 Å². The van der Waals surface area contributed by atoms with Crippen molar-refractivity contribution in [2.45, 2.75) is 19.9 Å². The maximum atomic E-state index is 13.8. The van der Waals surface area contributed by atoms with Crippen LogP contribution in [0.5, 0.6) is 5.75 Å². The number of benzene rings is 3. The highest BCUT2D eigenvalue weighted by Gasteiger charge is 2.11. The van der Waals surface area contributed by atoms with Gasteiger partial charge in [0.15, 0.2) is 17.3 Å². The molecule has 1 heterocycles. The van der Waals surface area contributed by atoms with Gasteiger partial charge in [0.1, 0.15) is 0 Å². The van der Waals surface area contributed by atoms with Gasteiger partial charge in [-0.3, -0.25) is 9.59 Å². The smallest absolute Gasteiger partial charge is 0.308 e.